The number of hydrogen-bond acceptors (Lipinski definition) is 8. The largest absolute Gasteiger partial charge is 0.507 e. The predicted molar refractivity (Wildman–Crippen MR) is 99.5 cm³/mol. The van der Waals surface area contributed by atoms with Crippen molar-refractivity contribution in [1.82, 2.24) is 4.90 Å². The molecule has 2 rings (SSSR count). The number of ether oxygens (including phenoxy) is 1. The van der Waals surface area contributed by atoms with Crippen molar-refractivity contribution in [2.75, 3.05) is 19.6 Å². The fraction of sp³-hybridized carbons (Fsp3) is 0.529. The van der Waals surface area contributed by atoms with Crippen LogP contribution in [0.5, 0.6) is 11.5 Å². The Morgan fingerprint density at radius 2 is 1.96 bits per heavy atom. The van der Waals surface area contributed by atoms with Gasteiger partial charge in [-0.1, -0.05) is 13.0 Å². The summed E-state index contributed by atoms with van der Waals surface area (Å²) in [5.41, 5.74) is 4.17. The second-order valence-corrected chi connectivity index (χ2v) is 7.50. The molecule has 0 bridgehead atoms. The second-order valence-electron chi connectivity index (χ2n) is 7.50. The Morgan fingerprint density at radius 1 is 1.36 bits per heavy atom. The zero-order valence-corrected chi connectivity index (χ0v) is 15.7. The first kappa shape index (κ1) is 22.0. The summed E-state index contributed by atoms with van der Waals surface area (Å²) in [6, 6.07) is 2.90. The van der Waals surface area contributed by atoms with E-state index >= 15 is 0 Å². The van der Waals surface area contributed by atoms with Crippen molar-refractivity contribution in [3.8, 4) is 11.5 Å². The molecule has 28 heavy (non-hydrogen) atoms. The summed E-state index contributed by atoms with van der Waals surface area (Å²) in [4.78, 5) is 24.4. The van der Waals surface area contributed by atoms with E-state index in [0.29, 0.717) is 13.1 Å². The number of nitrogens with two attached hydrogens (primary N) is 1. The summed E-state index contributed by atoms with van der Waals surface area (Å²) < 4.78 is 5.67. The van der Waals surface area contributed by atoms with Gasteiger partial charge in [0.15, 0.2) is 0 Å². The molecule has 1 aliphatic heterocycles. The fourth-order valence-electron chi connectivity index (χ4n) is 2.98. The normalized spacial score (nSPS) is 18.0. The first-order valence-corrected chi connectivity index (χ1v) is 8.78. The van der Waals surface area contributed by atoms with E-state index in [1.807, 2.05) is 0 Å². The van der Waals surface area contributed by atoms with Crippen molar-refractivity contribution < 1.29 is 39.7 Å². The van der Waals surface area contributed by atoms with Crippen LogP contribution in [0.25, 0.3) is 0 Å². The maximum atomic E-state index is 11.6. The second kappa shape index (κ2) is 8.35. The molecule has 0 saturated carbocycles. The van der Waals surface area contributed by atoms with Crippen molar-refractivity contribution >= 4 is 19.1 Å². The van der Waals surface area contributed by atoms with Gasteiger partial charge in [0.1, 0.15) is 28.7 Å². The van der Waals surface area contributed by atoms with Crippen LogP contribution in [-0.4, -0.2) is 80.6 Å². The van der Waals surface area contributed by atoms with Crippen molar-refractivity contribution in [2.24, 2.45) is 5.73 Å². The van der Waals surface area contributed by atoms with Gasteiger partial charge in [-0.15, -0.1) is 0 Å². The van der Waals surface area contributed by atoms with Crippen molar-refractivity contribution in [3.05, 3.63) is 23.3 Å². The molecule has 0 aliphatic carbocycles. The molecule has 1 aromatic carbocycles. The van der Waals surface area contributed by atoms with Crippen molar-refractivity contribution in [2.45, 2.75) is 37.7 Å². The number of phenols is 1. The molecule has 0 amide bonds. The number of hydrogen-bond donors (Lipinski definition) is 6. The van der Waals surface area contributed by atoms with Crippen LogP contribution in [0.3, 0.4) is 0 Å². The fourth-order valence-corrected chi connectivity index (χ4v) is 2.98. The molecule has 154 valence electrons. The third-order valence-corrected chi connectivity index (χ3v) is 4.75. The maximum Gasteiger partial charge on any atom is 0.454 e. The zero-order chi connectivity index (χ0) is 21.2. The van der Waals surface area contributed by atoms with Crippen LogP contribution in [0.2, 0.25) is 5.82 Å². The molecule has 0 aromatic heterocycles. The summed E-state index contributed by atoms with van der Waals surface area (Å²) in [5.74, 6) is -3.58. The molecule has 11 heteroatoms. The third-order valence-electron chi connectivity index (χ3n) is 4.75. The summed E-state index contributed by atoms with van der Waals surface area (Å²) in [5, 5.41) is 47.2. The lowest BCUT2D eigenvalue weighted by Crippen LogP contribution is -2.62. The standard InChI is InChI=1S/C17H25BN2O8/c1-9(18(26)27)5-10-3-4-12(13(14(10)21)15(22)23)28-11-6-20(7-11)8-17(2,19)16(24)25/h3-4,9,11,21,26-27H,5-8,19H2,1-2H3,(H,22,23)(H,24,25)/t9-,17+/m1/s1. The first-order chi connectivity index (χ1) is 12.9. The van der Waals surface area contributed by atoms with Gasteiger partial charge in [-0.3, -0.25) is 9.69 Å². The van der Waals surface area contributed by atoms with E-state index in [9.17, 15) is 29.9 Å². The van der Waals surface area contributed by atoms with Crippen molar-refractivity contribution in [1.29, 1.82) is 0 Å². The summed E-state index contributed by atoms with van der Waals surface area (Å²) in [7, 11) is -1.59. The molecule has 1 heterocycles. The summed E-state index contributed by atoms with van der Waals surface area (Å²) in [6.45, 7) is 3.83. The Morgan fingerprint density at radius 3 is 2.46 bits per heavy atom. The van der Waals surface area contributed by atoms with E-state index in [-0.39, 0.29) is 30.4 Å². The van der Waals surface area contributed by atoms with Gasteiger partial charge in [0.05, 0.1) is 0 Å². The van der Waals surface area contributed by atoms with E-state index in [2.05, 4.69) is 0 Å². The van der Waals surface area contributed by atoms with Crippen molar-refractivity contribution in [3.63, 3.8) is 0 Å². The number of carboxylic acid groups (broad SMARTS) is 2. The molecule has 0 spiro atoms. The maximum absolute atomic E-state index is 11.6. The highest BCUT2D eigenvalue weighted by molar-refractivity contribution is 6.43. The Balaban J connectivity index is 2.08. The molecule has 10 nitrogen and oxygen atoms in total. The average Bonchev–Trinajstić information content (AvgIpc) is 2.54. The van der Waals surface area contributed by atoms with Crippen LogP contribution in [0.1, 0.15) is 29.8 Å². The Kier molecular flexibility index (Phi) is 6.55. The SMILES string of the molecule is C[C@H](Cc1ccc(OC2CN(C[C@](C)(N)C(=O)O)C2)c(C(=O)O)c1O)B(O)O. The number of nitrogens with zero attached hydrogens (tertiary/aromatic N) is 1. The van der Waals surface area contributed by atoms with Gasteiger partial charge in [0.2, 0.25) is 0 Å². The van der Waals surface area contributed by atoms with Crippen LogP contribution in [0.15, 0.2) is 12.1 Å². The molecule has 1 fully saturated rings. The quantitative estimate of drug-likeness (QED) is 0.295. The number of carbonyl (C=O) groups is 2. The topological polar surface area (TPSA) is 174 Å². The average molecular weight is 396 g/mol. The van der Waals surface area contributed by atoms with E-state index in [4.69, 9.17) is 15.6 Å². The Labute approximate surface area is 162 Å². The van der Waals surface area contributed by atoms with Gasteiger partial charge in [-0.05, 0) is 30.8 Å². The van der Waals surface area contributed by atoms with E-state index < -0.39 is 41.7 Å². The highest BCUT2D eigenvalue weighted by Gasteiger charge is 2.37. The highest BCUT2D eigenvalue weighted by Crippen LogP contribution is 2.35. The van der Waals surface area contributed by atoms with Gasteiger partial charge >= 0.3 is 19.1 Å². The van der Waals surface area contributed by atoms with Gasteiger partial charge in [0, 0.05) is 19.6 Å². The molecular formula is C17H25BN2O8. The van der Waals surface area contributed by atoms with E-state index in [1.54, 1.807) is 11.8 Å². The van der Waals surface area contributed by atoms with Gasteiger partial charge in [-0.2, -0.15) is 0 Å². The van der Waals surface area contributed by atoms with Crippen LogP contribution in [-0.2, 0) is 11.2 Å². The van der Waals surface area contributed by atoms with E-state index in [0.717, 1.165) is 0 Å². The van der Waals surface area contributed by atoms with Gasteiger partial charge < -0.3 is 35.8 Å². The number of benzene rings is 1. The molecule has 1 aromatic rings. The molecule has 2 atom stereocenters. The number of likely N-dealkylation sites (tertiary alicyclic amines) is 1. The smallest absolute Gasteiger partial charge is 0.454 e. The number of aliphatic carboxylic acids is 1. The molecule has 1 saturated heterocycles. The molecule has 0 unspecified atom stereocenters. The lowest BCUT2D eigenvalue weighted by molar-refractivity contribution is -0.144. The van der Waals surface area contributed by atoms with Crippen LogP contribution in [0, 0.1) is 0 Å². The number of aromatic hydroxyl groups is 1. The van der Waals surface area contributed by atoms with Gasteiger partial charge in [0.25, 0.3) is 0 Å². The summed E-state index contributed by atoms with van der Waals surface area (Å²) >= 11 is 0. The summed E-state index contributed by atoms with van der Waals surface area (Å²) in [6.07, 6.45) is -0.294. The van der Waals surface area contributed by atoms with Crippen LogP contribution < -0.4 is 10.5 Å². The Hall–Kier alpha value is -2.34. The number of rotatable bonds is 9. The van der Waals surface area contributed by atoms with Gasteiger partial charge in [-0.25, -0.2) is 4.79 Å². The number of aromatic carboxylic acids is 1. The zero-order valence-electron chi connectivity index (χ0n) is 15.7. The first-order valence-electron chi connectivity index (χ1n) is 8.78. The minimum absolute atomic E-state index is 0.00987. The molecule has 7 N–H and O–H groups in total. The molecule has 1 aliphatic rings. The highest BCUT2D eigenvalue weighted by atomic mass is 16.5. The van der Waals surface area contributed by atoms with Crippen LogP contribution >= 0.6 is 0 Å². The lowest BCUT2D eigenvalue weighted by atomic mass is 9.71. The minimum atomic E-state index is -1.59. The minimum Gasteiger partial charge on any atom is -0.507 e. The Bertz CT molecular complexity index is 749. The number of carboxylic acids is 2. The lowest BCUT2D eigenvalue weighted by Gasteiger charge is -2.41. The van der Waals surface area contributed by atoms with Crippen LogP contribution in [0.4, 0.5) is 0 Å². The third kappa shape index (κ3) is 4.93. The molecule has 0 radical (unpaired) electrons. The monoisotopic (exact) mass is 396 g/mol. The molecular weight excluding hydrogens is 371 g/mol. The van der Waals surface area contributed by atoms with E-state index in [1.165, 1.54) is 19.1 Å². The predicted octanol–water partition coefficient (Wildman–Crippen LogP) is -0.639.